The Bertz CT molecular complexity index is 896. The molecule has 22 heavy (non-hydrogen) atoms. The molecule has 2 aromatic heterocycles. The van der Waals surface area contributed by atoms with Gasteiger partial charge in [-0.1, -0.05) is 18.2 Å². The summed E-state index contributed by atoms with van der Waals surface area (Å²) in [7, 11) is -1.83. The summed E-state index contributed by atoms with van der Waals surface area (Å²) in [4.78, 5) is 0.192. The number of nitrogens with zero attached hydrogens (tertiary/aromatic N) is 2. The summed E-state index contributed by atoms with van der Waals surface area (Å²) in [6.45, 7) is 1.88. The molecular weight excluding hydrogens is 318 g/mol. The van der Waals surface area contributed by atoms with Crippen LogP contribution in [0.3, 0.4) is 0 Å². The van der Waals surface area contributed by atoms with Crippen molar-refractivity contribution in [2.75, 3.05) is 0 Å². The summed E-state index contributed by atoms with van der Waals surface area (Å²) in [6.07, 6.45) is 3.51. The number of rotatable bonds is 5. The first kappa shape index (κ1) is 15.2. The van der Waals surface area contributed by atoms with Gasteiger partial charge in [0.1, 0.15) is 4.90 Å². The predicted molar refractivity (Wildman–Crippen MR) is 88.5 cm³/mol. The van der Waals surface area contributed by atoms with Crippen molar-refractivity contribution in [2.24, 2.45) is 7.05 Å². The van der Waals surface area contributed by atoms with E-state index in [4.69, 9.17) is 0 Å². The van der Waals surface area contributed by atoms with Crippen LogP contribution in [0.1, 0.15) is 12.5 Å². The average Bonchev–Trinajstić information content (AvgIpc) is 3.06. The maximum atomic E-state index is 12.3. The summed E-state index contributed by atoms with van der Waals surface area (Å²) in [5.74, 6) is 0. The van der Waals surface area contributed by atoms with Crippen molar-refractivity contribution in [3.8, 4) is 0 Å². The molecular formula is C15H17N3O2S2. The Morgan fingerprint density at radius 2 is 2.14 bits per heavy atom. The maximum Gasteiger partial charge on any atom is 0.243 e. The van der Waals surface area contributed by atoms with E-state index in [9.17, 15) is 8.42 Å². The van der Waals surface area contributed by atoms with Crippen LogP contribution >= 0.6 is 11.3 Å². The number of nitrogens with one attached hydrogen (secondary N) is 1. The molecule has 3 rings (SSSR count). The molecule has 7 heteroatoms. The molecule has 0 amide bonds. The van der Waals surface area contributed by atoms with Crippen molar-refractivity contribution in [1.29, 1.82) is 0 Å². The normalized spacial score (nSPS) is 13.5. The van der Waals surface area contributed by atoms with E-state index in [1.807, 2.05) is 19.1 Å². The molecule has 5 nitrogen and oxygen atoms in total. The number of aryl methyl sites for hydroxylation is 1. The topological polar surface area (TPSA) is 64.0 Å². The second-order valence-corrected chi connectivity index (χ2v) is 7.96. The third-order valence-electron chi connectivity index (χ3n) is 3.44. The number of fused-ring (bicyclic) bond motifs is 1. The van der Waals surface area contributed by atoms with Gasteiger partial charge in [-0.05, 0) is 35.7 Å². The molecule has 0 fully saturated rings. The van der Waals surface area contributed by atoms with E-state index in [0.29, 0.717) is 6.42 Å². The first-order valence-electron chi connectivity index (χ1n) is 6.92. The zero-order chi connectivity index (χ0) is 15.7. The van der Waals surface area contributed by atoms with Gasteiger partial charge < -0.3 is 0 Å². The first-order chi connectivity index (χ1) is 10.5. The molecule has 3 aromatic rings. The zero-order valence-corrected chi connectivity index (χ0v) is 14.0. The van der Waals surface area contributed by atoms with E-state index in [0.717, 1.165) is 0 Å². The Morgan fingerprint density at radius 3 is 2.86 bits per heavy atom. The summed E-state index contributed by atoms with van der Waals surface area (Å²) < 4.78 is 30.0. The van der Waals surface area contributed by atoms with Gasteiger partial charge in [0.25, 0.3) is 0 Å². The van der Waals surface area contributed by atoms with E-state index in [1.54, 1.807) is 18.4 Å². The van der Waals surface area contributed by atoms with Crippen LogP contribution in [0, 0.1) is 0 Å². The highest BCUT2D eigenvalue weighted by molar-refractivity contribution is 7.89. The molecule has 0 aliphatic heterocycles. The first-order valence-corrected chi connectivity index (χ1v) is 9.28. The van der Waals surface area contributed by atoms with E-state index in [2.05, 4.69) is 27.3 Å². The van der Waals surface area contributed by atoms with Gasteiger partial charge in [-0.2, -0.15) is 5.10 Å². The fraction of sp³-hybridized carbons (Fsp3) is 0.267. The highest BCUT2D eigenvalue weighted by Crippen LogP contribution is 2.26. The van der Waals surface area contributed by atoms with Gasteiger partial charge in [0.05, 0.1) is 6.20 Å². The zero-order valence-electron chi connectivity index (χ0n) is 12.4. The van der Waals surface area contributed by atoms with Crippen LogP contribution in [0.25, 0.3) is 10.1 Å². The molecule has 0 spiro atoms. The van der Waals surface area contributed by atoms with Gasteiger partial charge in [0.2, 0.25) is 10.0 Å². The van der Waals surface area contributed by atoms with Crippen LogP contribution in [0.2, 0.25) is 0 Å². The summed E-state index contributed by atoms with van der Waals surface area (Å²) >= 11 is 1.68. The summed E-state index contributed by atoms with van der Waals surface area (Å²) in [5, 5.41) is 7.20. The Morgan fingerprint density at radius 1 is 1.36 bits per heavy atom. The standard InChI is InChI=1S/C15H17N3O2S2/c1-11(17-22(19,20)13-8-16-18(2)9-13)7-12-10-21-15-6-4-3-5-14(12)15/h3-6,8-11,17H,7H2,1-2H3/t11-/m0/s1. The average molecular weight is 335 g/mol. The molecule has 1 aromatic carbocycles. The molecule has 1 N–H and O–H groups in total. The van der Waals surface area contributed by atoms with Gasteiger partial charge >= 0.3 is 0 Å². The molecule has 1 atom stereocenters. The molecule has 0 saturated heterocycles. The van der Waals surface area contributed by atoms with Crippen molar-refractivity contribution >= 4 is 31.4 Å². The molecule has 0 radical (unpaired) electrons. The lowest BCUT2D eigenvalue weighted by molar-refractivity contribution is 0.560. The molecule has 0 aliphatic carbocycles. The number of sulfonamides is 1. The summed E-state index contributed by atoms with van der Waals surface area (Å²) in [6, 6.07) is 7.97. The van der Waals surface area contributed by atoms with Crippen LogP contribution in [0.4, 0.5) is 0 Å². The third kappa shape index (κ3) is 3.06. The number of aromatic nitrogens is 2. The molecule has 116 valence electrons. The van der Waals surface area contributed by atoms with Gasteiger partial charge in [0, 0.05) is 24.0 Å². The van der Waals surface area contributed by atoms with Crippen molar-refractivity contribution < 1.29 is 8.42 Å². The van der Waals surface area contributed by atoms with Crippen LogP contribution in [0.15, 0.2) is 46.9 Å². The monoisotopic (exact) mass is 335 g/mol. The van der Waals surface area contributed by atoms with E-state index in [-0.39, 0.29) is 10.9 Å². The van der Waals surface area contributed by atoms with Gasteiger partial charge in [0.15, 0.2) is 0 Å². The quantitative estimate of drug-likeness (QED) is 0.779. The van der Waals surface area contributed by atoms with E-state index in [1.165, 1.54) is 32.7 Å². The van der Waals surface area contributed by atoms with Gasteiger partial charge in [-0.3, -0.25) is 4.68 Å². The Hall–Kier alpha value is -1.70. The van der Waals surface area contributed by atoms with Gasteiger partial charge in [-0.15, -0.1) is 11.3 Å². The molecule has 0 unspecified atom stereocenters. The fourth-order valence-corrected chi connectivity index (χ4v) is 4.63. The molecule has 0 bridgehead atoms. The number of hydrogen-bond acceptors (Lipinski definition) is 4. The molecule has 2 heterocycles. The maximum absolute atomic E-state index is 12.3. The Balaban J connectivity index is 1.76. The van der Waals surface area contributed by atoms with E-state index >= 15 is 0 Å². The number of thiophene rings is 1. The largest absolute Gasteiger partial charge is 0.274 e. The lowest BCUT2D eigenvalue weighted by Crippen LogP contribution is -2.33. The minimum atomic E-state index is -3.53. The van der Waals surface area contributed by atoms with Crippen LogP contribution in [-0.4, -0.2) is 24.2 Å². The van der Waals surface area contributed by atoms with Crippen molar-refractivity contribution in [3.05, 3.63) is 47.6 Å². The minimum absolute atomic E-state index is 0.191. The lowest BCUT2D eigenvalue weighted by atomic mass is 10.1. The third-order valence-corrected chi connectivity index (χ3v) is 5.99. The SMILES string of the molecule is C[C@@H](Cc1csc2ccccc12)NS(=O)(=O)c1cnn(C)c1. The predicted octanol–water partition coefficient (Wildman–Crippen LogP) is 2.54. The van der Waals surface area contributed by atoms with E-state index < -0.39 is 10.0 Å². The highest BCUT2D eigenvalue weighted by atomic mass is 32.2. The second-order valence-electron chi connectivity index (χ2n) is 5.33. The number of hydrogen-bond donors (Lipinski definition) is 1. The lowest BCUT2D eigenvalue weighted by Gasteiger charge is -2.13. The smallest absolute Gasteiger partial charge is 0.243 e. The highest BCUT2D eigenvalue weighted by Gasteiger charge is 2.19. The number of benzene rings is 1. The van der Waals surface area contributed by atoms with Crippen molar-refractivity contribution in [1.82, 2.24) is 14.5 Å². The minimum Gasteiger partial charge on any atom is -0.274 e. The van der Waals surface area contributed by atoms with Crippen molar-refractivity contribution in [2.45, 2.75) is 24.3 Å². The second kappa shape index (κ2) is 5.83. The summed E-state index contributed by atoms with van der Waals surface area (Å²) in [5.41, 5.74) is 1.17. The van der Waals surface area contributed by atoms with Crippen LogP contribution in [-0.2, 0) is 23.5 Å². The Labute approximate surface area is 133 Å². The molecule has 0 saturated carbocycles. The fourth-order valence-electron chi connectivity index (χ4n) is 2.43. The molecule has 0 aliphatic rings. The van der Waals surface area contributed by atoms with Gasteiger partial charge in [-0.25, -0.2) is 13.1 Å². The van der Waals surface area contributed by atoms with Crippen LogP contribution in [0.5, 0.6) is 0 Å². The van der Waals surface area contributed by atoms with Crippen molar-refractivity contribution in [3.63, 3.8) is 0 Å². The Kier molecular flexibility index (Phi) is 4.03. The van der Waals surface area contributed by atoms with Crippen LogP contribution < -0.4 is 4.72 Å².